The lowest BCUT2D eigenvalue weighted by Crippen LogP contribution is -2.35. The molecule has 2 rings (SSSR count). The molecule has 0 fully saturated rings. The molecule has 0 aromatic carbocycles. The number of H-pyrrole nitrogens is 1. The molecule has 2 heterocycles. The van der Waals surface area contributed by atoms with Crippen molar-refractivity contribution in [3.8, 4) is 11.4 Å². The topological polar surface area (TPSA) is 79.0 Å². The summed E-state index contributed by atoms with van der Waals surface area (Å²) in [5.74, 6) is 0.551. The molecule has 6 nitrogen and oxygen atoms in total. The average molecular weight is 342 g/mol. The van der Waals surface area contributed by atoms with Crippen LogP contribution in [0.15, 0.2) is 29.3 Å². The van der Waals surface area contributed by atoms with Gasteiger partial charge >= 0.3 is 0 Å². The van der Waals surface area contributed by atoms with Gasteiger partial charge in [0, 0.05) is 48.7 Å². The molecule has 0 saturated heterocycles. The number of amides is 1. The molecular formula is C19H26N4O2. The van der Waals surface area contributed by atoms with Crippen LogP contribution in [-0.4, -0.2) is 38.8 Å². The molecule has 2 aromatic heterocycles. The number of pyridine rings is 1. The number of rotatable bonds is 7. The van der Waals surface area contributed by atoms with Crippen molar-refractivity contribution in [1.82, 2.24) is 19.9 Å². The Morgan fingerprint density at radius 1 is 1.40 bits per heavy atom. The third kappa shape index (κ3) is 4.75. The first-order chi connectivity index (χ1) is 11.9. The van der Waals surface area contributed by atoms with E-state index >= 15 is 0 Å². The predicted molar refractivity (Wildman–Crippen MR) is 98.3 cm³/mol. The highest BCUT2D eigenvalue weighted by molar-refractivity contribution is 5.76. The van der Waals surface area contributed by atoms with Crippen molar-refractivity contribution in [2.45, 2.75) is 52.5 Å². The van der Waals surface area contributed by atoms with E-state index in [-0.39, 0.29) is 17.5 Å². The summed E-state index contributed by atoms with van der Waals surface area (Å²) in [5.41, 5.74) is 1.79. The minimum atomic E-state index is -0.191. The summed E-state index contributed by atoms with van der Waals surface area (Å²) in [6, 6.07) is 3.85. The minimum Gasteiger partial charge on any atom is -0.343 e. The van der Waals surface area contributed by atoms with Crippen molar-refractivity contribution in [1.29, 1.82) is 0 Å². The number of nitrogens with zero attached hydrogens (tertiary/aromatic N) is 3. The molecule has 0 aliphatic heterocycles. The van der Waals surface area contributed by atoms with E-state index in [9.17, 15) is 9.59 Å². The Balaban J connectivity index is 2.11. The Morgan fingerprint density at radius 2 is 2.16 bits per heavy atom. The highest BCUT2D eigenvalue weighted by atomic mass is 16.2. The highest BCUT2D eigenvalue weighted by Gasteiger charge is 2.17. The zero-order chi connectivity index (χ0) is 18.4. The maximum atomic E-state index is 12.4. The van der Waals surface area contributed by atoms with Crippen LogP contribution in [0.5, 0.6) is 0 Å². The maximum absolute atomic E-state index is 12.4. The molecule has 1 amide bonds. The second-order valence-corrected chi connectivity index (χ2v) is 6.36. The average Bonchev–Trinajstić information content (AvgIpc) is 2.61. The SMILES string of the molecule is CCC[C@H](C)N(C)C(=O)CCc1c(C)nc(-c2cccnc2)[nH]c1=O. The molecule has 1 N–H and O–H groups in total. The zero-order valence-electron chi connectivity index (χ0n) is 15.4. The molecule has 2 aromatic rings. The van der Waals surface area contributed by atoms with Crippen LogP contribution in [0.2, 0.25) is 0 Å². The van der Waals surface area contributed by atoms with E-state index in [1.54, 1.807) is 30.3 Å². The van der Waals surface area contributed by atoms with E-state index in [1.807, 2.05) is 20.0 Å². The molecule has 1 atom stereocenters. The number of aryl methyl sites for hydroxylation is 1. The second kappa shape index (κ2) is 8.55. The van der Waals surface area contributed by atoms with Gasteiger partial charge in [-0.05, 0) is 38.8 Å². The first-order valence-corrected chi connectivity index (χ1v) is 8.69. The van der Waals surface area contributed by atoms with E-state index in [0.29, 0.717) is 29.9 Å². The number of hydrogen-bond donors (Lipinski definition) is 1. The molecule has 0 aliphatic carbocycles. The molecule has 0 unspecified atom stereocenters. The van der Waals surface area contributed by atoms with Crippen LogP contribution in [-0.2, 0) is 11.2 Å². The fourth-order valence-corrected chi connectivity index (χ4v) is 2.81. The van der Waals surface area contributed by atoms with E-state index in [2.05, 4.69) is 21.9 Å². The summed E-state index contributed by atoms with van der Waals surface area (Å²) in [7, 11) is 1.82. The Bertz CT molecular complexity index is 771. The van der Waals surface area contributed by atoms with Gasteiger partial charge in [0.15, 0.2) is 0 Å². The highest BCUT2D eigenvalue weighted by Crippen LogP contribution is 2.14. The Morgan fingerprint density at radius 3 is 2.76 bits per heavy atom. The molecule has 0 saturated carbocycles. The summed E-state index contributed by atoms with van der Waals surface area (Å²) in [6.45, 7) is 5.95. The second-order valence-electron chi connectivity index (χ2n) is 6.36. The van der Waals surface area contributed by atoms with Crippen LogP contribution < -0.4 is 5.56 Å². The molecular weight excluding hydrogens is 316 g/mol. The summed E-state index contributed by atoms with van der Waals surface area (Å²) >= 11 is 0. The number of hydrogen-bond acceptors (Lipinski definition) is 4. The summed E-state index contributed by atoms with van der Waals surface area (Å²) in [4.78, 5) is 37.8. The Hall–Kier alpha value is -2.50. The normalized spacial score (nSPS) is 12.0. The number of aromatic amines is 1. The fraction of sp³-hybridized carbons (Fsp3) is 0.474. The molecule has 134 valence electrons. The van der Waals surface area contributed by atoms with Crippen LogP contribution in [0.4, 0.5) is 0 Å². The minimum absolute atomic E-state index is 0.0519. The standard InChI is InChI=1S/C19H26N4O2/c1-5-7-13(2)23(4)17(24)10-9-16-14(3)21-18(22-19(16)25)15-8-6-11-20-12-15/h6,8,11-13H,5,7,9-10H2,1-4H3,(H,21,22,25)/t13-/m0/s1. The quantitative estimate of drug-likeness (QED) is 0.839. The third-order valence-corrected chi connectivity index (χ3v) is 4.51. The van der Waals surface area contributed by atoms with Gasteiger partial charge < -0.3 is 9.88 Å². The van der Waals surface area contributed by atoms with Crippen molar-refractivity contribution in [3.63, 3.8) is 0 Å². The van der Waals surface area contributed by atoms with Gasteiger partial charge in [0.1, 0.15) is 5.82 Å². The molecule has 0 aliphatic rings. The summed E-state index contributed by atoms with van der Waals surface area (Å²) in [6.07, 6.45) is 6.04. The van der Waals surface area contributed by atoms with Crippen molar-refractivity contribution < 1.29 is 4.79 Å². The summed E-state index contributed by atoms with van der Waals surface area (Å²) < 4.78 is 0. The van der Waals surface area contributed by atoms with Crippen molar-refractivity contribution >= 4 is 5.91 Å². The van der Waals surface area contributed by atoms with Crippen molar-refractivity contribution in [3.05, 3.63) is 46.1 Å². The maximum Gasteiger partial charge on any atom is 0.254 e. The molecule has 0 bridgehead atoms. The number of aromatic nitrogens is 3. The van der Waals surface area contributed by atoms with Gasteiger partial charge in [-0.15, -0.1) is 0 Å². The lowest BCUT2D eigenvalue weighted by Gasteiger charge is -2.24. The molecule has 25 heavy (non-hydrogen) atoms. The number of carbonyl (C=O) groups excluding carboxylic acids is 1. The number of carbonyl (C=O) groups is 1. The largest absolute Gasteiger partial charge is 0.343 e. The zero-order valence-corrected chi connectivity index (χ0v) is 15.4. The van der Waals surface area contributed by atoms with Gasteiger partial charge in [-0.2, -0.15) is 0 Å². The van der Waals surface area contributed by atoms with Gasteiger partial charge in [-0.3, -0.25) is 14.6 Å². The van der Waals surface area contributed by atoms with Crippen LogP contribution >= 0.6 is 0 Å². The van der Waals surface area contributed by atoms with Gasteiger partial charge in [0.05, 0.1) is 0 Å². The van der Waals surface area contributed by atoms with Crippen molar-refractivity contribution in [2.24, 2.45) is 0 Å². The molecule has 6 heteroatoms. The Labute approximate surface area is 148 Å². The molecule has 0 spiro atoms. The van der Waals surface area contributed by atoms with E-state index in [4.69, 9.17) is 0 Å². The van der Waals surface area contributed by atoms with Gasteiger partial charge in [-0.1, -0.05) is 13.3 Å². The van der Waals surface area contributed by atoms with E-state index in [0.717, 1.165) is 18.4 Å². The fourth-order valence-electron chi connectivity index (χ4n) is 2.81. The smallest absolute Gasteiger partial charge is 0.254 e. The molecule has 0 radical (unpaired) electrons. The van der Waals surface area contributed by atoms with Crippen LogP contribution in [0.25, 0.3) is 11.4 Å². The van der Waals surface area contributed by atoms with Crippen molar-refractivity contribution in [2.75, 3.05) is 7.05 Å². The first kappa shape index (κ1) is 18.8. The van der Waals surface area contributed by atoms with Gasteiger partial charge in [-0.25, -0.2) is 4.98 Å². The van der Waals surface area contributed by atoms with Gasteiger partial charge in [0.2, 0.25) is 5.91 Å². The van der Waals surface area contributed by atoms with E-state index < -0.39 is 0 Å². The third-order valence-electron chi connectivity index (χ3n) is 4.51. The van der Waals surface area contributed by atoms with Crippen LogP contribution in [0.1, 0.15) is 44.4 Å². The Kier molecular flexibility index (Phi) is 6.44. The predicted octanol–water partition coefficient (Wildman–Crippen LogP) is 2.72. The van der Waals surface area contributed by atoms with Gasteiger partial charge in [0.25, 0.3) is 5.56 Å². The van der Waals surface area contributed by atoms with E-state index in [1.165, 1.54) is 0 Å². The number of nitrogens with one attached hydrogen (secondary N) is 1. The summed E-state index contributed by atoms with van der Waals surface area (Å²) in [5, 5.41) is 0. The first-order valence-electron chi connectivity index (χ1n) is 8.69. The van der Waals surface area contributed by atoms with Crippen LogP contribution in [0, 0.1) is 6.92 Å². The lowest BCUT2D eigenvalue weighted by atomic mass is 10.1. The monoisotopic (exact) mass is 342 g/mol. The lowest BCUT2D eigenvalue weighted by molar-refractivity contribution is -0.131. The van der Waals surface area contributed by atoms with Crippen LogP contribution in [0.3, 0.4) is 0 Å².